The summed E-state index contributed by atoms with van der Waals surface area (Å²) in [7, 11) is 3.99. The maximum atomic E-state index is 9.67. The highest BCUT2D eigenvalue weighted by Gasteiger charge is 2.03. The molecular formula is C12H20N2O. The topological polar surface area (TPSA) is 49.5 Å². The van der Waals surface area contributed by atoms with Crippen molar-refractivity contribution < 1.29 is 5.11 Å². The van der Waals surface area contributed by atoms with Crippen molar-refractivity contribution in [2.45, 2.75) is 19.3 Å². The summed E-state index contributed by atoms with van der Waals surface area (Å²) in [5, 5.41) is 9.67. The number of hydrogen-bond acceptors (Lipinski definition) is 3. The third kappa shape index (κ3) is 3.44. The van der Waals surface area contributed by atoms with Crippen LogP contribution in [0.1, 0.15) is 18.4 Å². The number of aromatic hydroxyl groups is 1. The van der Waals surface area contributed by atoms with Gasteiger partial charge in [-0.25, -0.2) is 0 Å². The normalized spacial score (nSPS) is 10.3. The third-order valence-corrected chi connectivity index (χ3v) is 2.48. The lowest BCUT2D eigenvalue weighted by atomic mass is 10.1. The molecule has 0 bridgehead atoms. The average Bonchev–Trinajstić information content (AvgIpc) is 2.20. The van der Waals surface area contributed by atoms with E-state index in [1.54, 1.807) is 6.07 Å². The first-order chi connectivity index (χ1) is 7.15. The van der Waals surface area contributed by atoms with Gasteiger partial charge in [0.2, 0.25) is 0 Å². The molecule has 3 N–H and O–H groups in total. The molecule has 84 valence electrons. The van der Waals surface area contributed by atoms with Gasteiger partial charge in [-0.3, -0.25) is 0 Å². The zero-order valence-electron chi connectivity index (χ0n) is 9.53. The van der Waals surface area contributed by atoms with E-state index in [1.807, 2.05) is 31.1 Å². The number of hydrogen-bond donors (Lipinski definition) is 2. The Kier molecular flexibility index (Phi) is 4.43. The Morgan fingerprint density at radius 2 is 2.00 bits per heavy atom. The fourth-order valence-electron chi connectivity index (χ4n) is 1.51. The number of nitrogens with two attached hydrogens (primary N) is 1. The summed E-state index contributed by atoms with van der Waals surface area (Å²) in [4.78, 5) is 2.03. The van der Waals surface area contributed by atoms with Crippen LogP contribution in [0.3, 0.4) is 0 Å². The summed E-state index contributed by atoms with van der Waals surface area (Å²) in [6.45, 7) is 0.716. The lowest BCUT2D eigenvalue weighted by Crippen LogP contribution is -2.08. The highest BCUT2D eigenvalue weighted by atomic mass is 16.3. The summed E-state index contributed by atoms with van der Waals surface area (Å²) in [6, 6.07) is 5.71. The molecule has 0 amide bonds. The fourth-order valence-corrected chi connectivity index (χ4v) is 1.51. The van der Waals surface area contributed by atoms with Gasteiger partial charge in [-0.05, 0) is 49.6 Å². The molecule has 0 aromatic heterocycles. The summed E-state index contributed by atoms with van der Waals surface area (Å²) < 4.78 is 0. The van der Waals surface area contributed by atoms with E-state index in [0.29, 0.717) is 12.3 Å². The molecule has 15 heavy (non-hydrogen) atoms. The molecule has 0 unspecified atom stereocenters. The summed E-state index contributed by atoms with van der Waals surface area (Å²) in [5.41, 5.74) is 7.57. The van der Waals surface area contributed by atoms with Gasteiger partial charge in [0, 0.05) is 19.8 Å². The van der Waals surface area contributed by atoms with Gasteiger partial charge in [0.05, 0.1) is 0 Å². The van der Waals surface area contributed by atoms with Crippen LogP contribution in [-0.2, 0) is 6.42 Å². The molecule has 0 spiro atoms. The first kappa shape index (κ1) is 11.9. The molecule has 0 fully saturated rings. The molecule has 3 heteroatoms. The van der Waals surface area contributed by atoms with Crippen LogP contribution in [0.5, 0.6) is 5.75 Å². The number of benzene rings is 1. The van der Waals surface area contributed by atoms with Crippen LogP contribution in [0.4, 0.5) is 5.69 Å². The van der Waals surface area contributed by atoms with Crippen molar-refractivity contribution in [3.8, 4) is 5.75 Å². The van der Waals surface area contributed by atoms with Gasteiger partial charge < -0.3 is 15.7 Å². The molecule has 0 aliphatic carbocycles. The molecule has 0 saturated heterocycles. The second-order valence-corrected chi connectivity index (χ2v) is 3.95. The predicted octanol–water partition coefficient (Wildman–Crippen LogP) is 1.74. The van der Waals surface area contributed by atoms with E-state index >= 15 is 0 Å². The van der Waals surface area contributed by atoms with Crippen LogP contribution in [0.2, 0.25) is 0 Å². The third-order valence-electron chi connectivity index (χ3n) is 2.48. The highest BCUT2D eigenvalue weighted by Crippen LogP contribution is 2.24. The standard InChI is InChI=1S/C12H20N2O/c1-14(2)11-6-7-12(15)10(9-11)5-3-4-8-13/h6-7,9,15H,3-5,8,13H2,1-2H3. The second-order valence-electron chi connectivity index (χ2n) is 3.95. The molecule has 0 radical (unpaired) electrons. The van der Waals surface area contributed by atoms with E-state index in [4.69, 9.17) is 5.73 Å². The number of nitrogens with zero attached hydrogens (tertiary/aromatic N) is 1. The SMILES string of the molecule is CN(C)c1ccc(O)c(CCCCN)c1. The van der Waals surface area contributed by atoms with Gasteiger partial charge in [0.1, 0.15) is 5.75 Å². The molecule has 0 atom stereocenters. The molecule has 1 aromatic carbocycles. The van der Waals surface area contributed by atoms with Crippen molar-refractivity contribution in [3.63, 3.8) is 0 Å². The zero-order valence-corrected chi connectivity index (χ0v) is 9.53. The van der Waals surface area contributed by atoms with E-state index in [0.717, 1.165) is 30.5 Å². The van der Waals surface area contributed by atoms with Crippen molar-refractivity contribution in [1.29, 1.82) is 0 Å². The van der Waals surface area contributed by atoms with Crippen molar-refractivity contribution in [1.82, 2.24) is 0 Å². The fraction of sp³-hybridized carbons (Fsp3) is 0.500. The summed E-state index contributed by atoms with van der Waals surface area (Å²) in [6.07, 6.45) is 2.93. The molecule has 1 rings (SSSR count). The van der Waals surface area contributed by atoms with Gasteiger partial charge in [-0.15, -0.1) is 0 Å². The van der Waals surface area contributed by atoms with Crippen LogP contribution in [0, 0.1) is 0 Å². The van der Waals surface area contributed by atoms with Crippen molar-refractivity contribution in [2.75, 3.05) is 25.5 Å². The van der Waals surface area contributed by atoms with Gasteiger partial charge in [-0.2, -0.15) is 0 Å². The van der Waals surface area contributed by atoms with Crippen LogP contribution in [-0.4, -0.2) is 25.7 Å². The average molecular weight is 208 g/mol. The number of phenolic OH excluding ortho intramolecular Hbond substituents is 1. The number of unbranched alkanes of at least 4 members (excludes halogenated alkanes) is 1. The summed E-state index contributed by atoms with van der Waals surface area (Å²) >= 11 is 0. The van der Waals surface area contributed by atoms with Gasteiger partial charge in [0.15, 0.2) is 0 Å². The van der Waals surface area contributed by atoms with Crippen LogP contribution >= 0.6 is 0 Å². The molecule has 1 aromatic rings. The van der Waals surface area contributed by atoms with Crippen molar-refractivity contribution in [2.24, 2.45) is 5.73 Å². The molecule has 3 nitrogen and oxygen atoms in total. The van der Waals surface area contributed by atoms with Crippen molar-refractivity contribution >= 4 is 5.69 Å². The Bertz CT molecular complexity index is 310. The van der Waals surface area contributed by atoms with E-state index in [9.17, 15) is 5.11 Å². The van der Waals surface area contributed by atoms with Crippen molar-refractivity contribution in [3.05, 3.63) is 23.8 Å². The van der Waals surface area contributed by atoms with Crippen LogP contribution < -0.4 is 10.6 Å². The van der Waals surface area contributed by atoms with Crippen LogP contribution in [0.25, 0.3) is 0 Å². The number of phenols is 1. The van der Waals surface area contributed by atoms with Gasteiger partial charge >= 0.3 is 0 Å². The zero-order chi connectivity index (χ0) is 11.3. The maximum Gasteiger partial charge on any atom is 0.118 e. The second kappa shape index (κ2) is 5.61. The van der Waals surface area contributed by atoms with E-state index in [1.165, 1.54) is 0 Å². The molecule has 0 aliphatic heterocycles. The monoisotopic (exact) mass is 208 g/mol. The Morgan fingerprint density at radius 3 is 2.60 bits per heavy atom. The number of aryl methyl sites for hydroxylation is 1. The van der Waals surface area contributed by atoms with Crippen LogP contribution in [0.15, 0.2) is 18.2 Å². The number of rotatable bonds is 5. The maximum absolute atomic E-state index is 9.67. The van der Waals surface area contributed by atoms with Gasteiger partial charge in [0.25, 0.3) is 0 Å². The first-order valence-electron chi connectivity index (χ1n) is 5.34. The molecule has 0 saturated carbocycles. The Balaban J connectivity index is 2.72. The lowest BCUT2D eigenvalue weighted by Gasteiger charge is -2.14. The van der Waals surface area contributed by atoms with E-state index in [-0.39, 0.29) is 0 Å². The largest absolute Gasteiger partial charge is 0.508 e. The highest BCUT2D eigenvalue weighted by molar-refractivity contribution is 5.51. The van der Waals surface area contributed by atoms with E-state index < -0.39 is 0 Å². The smallest absolute Gasteiger partial charge is 0.118 e. The van der Waals surface area contributed by atoms with Gasteiger partial charge in [-0.1, -0.05) is 0 Å². The molecule has 0 aliphatic rings. The Morgan fingerprint density at radius 1 is 1.27 bits per heavy atom. The first-order valence-corrected chi connectivity index (χ1v) is 5.34. The quantitative estimate of drug-likeness (QED) is 0.725. The molecule has 0 heterocycles. The number of anilines is 1. The minimum atomic E-state index is 0.387. The summed E-state index contributed by atoms with van der Waals surface area (Å²) in [5.74, 6) is 0.387. The predicted molar refractivity (Wildman–Crippen MR) is 64.4 cm³/mol. The molecular weight excluding hydrogens is 188 g/mol. The minimum Gasteiger partial charge on any atom is -0.508 e. The lowest BCUT2D eigenvalue weighted by molar-refractivity contribution is 0.466. The van der Waals surface area contributed by atoms with E-state index in [2.05, 4.69) is 0 Å². The minimum absolute atomic E-state index is 0.387. The Hall–Kier alpha value is -1.22. The Labute approximate surface area is 91.5 Å².